The van der Waals surface area contributed by atoms with Gasteiger partial charge >= 0.3 is 0 Å². The summed E-state index contributed by atoms with van der Waals surface area (Å²) in [4.78, 5) is 24.2. The zero-order valence-corrected chi connectivity index (χ0v) is 15.2. The normalized spacial score (nSPS) is 10.4. The molecule has 1 aromatic heterocycles. The molecule has 5 nitrogen and oxygen atoms in total. The predicted octanol–water partition coefficient (Wildman–Crippen LogP) is 4.67. The number of rotatable bonds is 7. The van der Waals surface area contributed by atoms with E-state index in [1.165, 1.54) is 11.8 Å². The molecule has 0 saturated carbocycles. The van der Waals surface area contributed by atoms with Gasteiger partial charge in [-0.25, -0.2) is 0 Å². The van der Waals surface area contributed by atoms with E-state index >= 15 is 0 Å². The first-order valence-electron chi connectivity index (χ1n) is 8.96. The third kappa shape index (κ3) is 5.31. The van der Waals surface area contributed by atoms with Crippen molar-refractivity contribution in [2.24, 2.45) is 0 Å². The lowest BCUT2D eigenvalue weighted by atomic mass is 10.1. The Labute approximate surface area is 158 Å². The standard InChI is InChI=1S/C22H22N2O3/c1-2-16-8-10-17(11-9-16)12-13-21(25)23-18-5-3-6-19(15-18)24-22(26)20-7-4-14-27-20/h3-11,14-15H,2,12-13H2,1H3,(H,23,25)(H,24,26). The van der Waals surface area contributed by atoms with Gasteiger partial charge in [-0.15, -0.1) is 0 Å². The van der Waals surface area contributed by atoms with Crippen LogP contribution in [0, 0.1) is 0 Å². The number of hydrogen-bond acceptors (Lipinski definition) is 3. The summed E-state index contributed by atoms with van der Waals surface area (Å²) in [7, 11) is 0. The average molecular weight is 362 g/mol. The van der Waals surface area contributed by atoms with Crippen molar-refractivity contribution in [2.45, 2.75) is 26.2 Å². The molecular weight excluding hydrogens is 340 g/mol. The molecule has 138 valence electrons. The van der Waals surface area contributed by atoms with E-state index in [-0.39, 0.29) is 17.6 Å². The van der Waals surface area contributed by atoms with Gasteiger partial charge in [-0.1, -0.05) is 37.3 Å². The van der Waals surface area contributed by atoms with Crippen LogP contribution in [0.5, 0.6) is 0 Å². The lowest BCUT2D eigenvalue weighted by Gasteiger charge is -2.08. The summed E-state index contributed by atoms with van der Waals surface area (Å²) in [5.41, 5.74) is 3.65. The van der Waals surface area contributed by atoms with Gasteiger partial charge in [-0.05, 0) is 54.3 Å². The zero-order valence-electron chi connectivity index (χ0n) is 15.2. The number of nitrogens with one attached hydrogen (secondary N) is 2. The number of carbonyl (C=O) groups is 2. The van der Waals surface area contributed by atoms with Crippen LogP contribution in [0.4, 0.5) is 11.4 Å². The van der Waals surface area contributed by atoms with Crippen LogP contribution in [0.15, 0.2) is 71.3 Å². The van der Waals surface area contributed by atoms with Crippen molar-refractivity contribution in [1.82, 2.24) is 0 Å². The molecule has 0 atom stereocenters. The highest BCUT2D eigenvalue weighted by Gasteiger charge is 2.09. The number of carbonyl (C=O) groups excluding carboxylic acids is 2. The van der Waals surface area contributed by atoms with Crippen molar-refractivity contribution < 1.29 is 14.0 Å². The maximum atomic E-state index is 12.2. The quantitative estimate of drug-likeness (QED) is 0.642. The highest BCUT2D eigenvalue weighted by Crippen LogP contribution is 2.17. The van der Waals surface area contributed by atoms with Gasteiger partial charge in [0.1, 0.15) is 0 Å². The van der Waals surface area contributed by atoms with Gasteiger partial charge in [0.2, 0.25) is 5.91 Å². The molecule has 2 N–H and O–H groups in total. The molecule has 0 bridgehead atoms. The third-order valence-corrected chi connectivity index (χ3v) is 4.22. The largest absolute Gasteiger partial charge is 0.459 e. The van der Waals surface area contributed by atoms with Crippen molar-refractivity contribution in [3.8, 4) is 0 Å². The molecule has 3 aromatic rings. The van der Waals surface area contributed by atoms with Crippen molar-refractivity contribution in [3.63, 3.8) is 0 Å². The van der Waals surface area contributed by atoms with E-state index < -0.39 is 0 Å². The van der Waals surface area contributed by atoms with E-state index in [1.807, 2.05) is 0 Å². The van der Waals surface area contributed by atoms with Crippen LogP contribution in [0.1, 0.15) is 35.0 Å². The number of amides is 2. The first-order valence-corrected chi connectivity index (χ1v) is 8.96. The fraction of sp³-hybridized carbons (Fsp3) is 0.182. The Balaban J connectivity index is 1.53. The Kier molecular flexibility index (Phi) is 6.05. The second-order valence-electron chi connectivity index (χ2n) is 6.23. The molecule has 1 heterocycles. The monoisotopic (exact) mass is 362 g/mol. The molecule has 0 spiro atoms. The molecule has 2 aromatic carbocycles. The first kappa shape index (κ1) is 18.5. The molecule has 0 fully saturated rings. The number of anilines is 2. The summed E-state index contributed by atoms with van der Waals surface area (Å²) in [6.45, 7) is 2.12. The summed E-state index contributed by atoms with van der Waals surface area (Å²) in [6, 6.07) is 18.6. The van der Waals surface area contributed by atoms with Crippen LogP contribution in [-0.4, -0.2) is 11.8 Å². The van der Waals surface area contributed by atoms with Crippen LogP contribution in [-0.2, 0) is 17.6 Å². The van der Waals surface area contributed by atoms with E-state index in [1.54, 1.807) is 36.4 Å². The Morgan fingerprint density at radius 2 is 1.59 bits per heavy atom. The van der Waals surface area contributed by atoms with E-state index in [2.05, 4.69) is 41.8 Å². The van der Waals surface area contributed by atoms with Crippen molar-refractivity contribution in [2.75, 3.05) is 10.6 Å². The molecule has 0 aliphatic rings. The minimum Gasteiger partial charge on any atom is -0.459 e. The highest BCUT2D eigenvalue weighted by molar-refractivity contribution is 6.02. The highest BCUT2D eigenvalue weighted by atomic mass is 16.3. The van der Waals surface area contributed by atoms with Crippen LogP contribution in [0.25, 0.3) is 0 Å². The zero-order chi connectivity index (χ0) is 19.1. The third-order valence-electron chi connectivity index (χ3n) is 4.22. The Morgan fingerprint density at radius 1 is 0.889 bits per heavy atom. The van der Waals surface area contributed by atoms with Crippen LogP contribution >= 0.6 is 0 Å². The summed E-state index contributed by atoms with van der Waals surface area (Å²) < 4.78 is 5.07. The van der Waals surface area contributed by atoms with E-state index in [0.717, 1.165) is 12.0 Å². The van der Waals surface area contributed by atoms with E-state index in [9.17, 15) is 9.59 Å². The van der Waals surface area contributed by atoms with E-state index in [4.69, 9.17) is 4.42 Å². The molecule has 3 rings (SSSR count). The SMILES string of the molecule is CCc1ccc(CCC(=O)Nc2cccc(NC(=O)c3ccco3)c2)cc1. The molecular formula is C22H22N2O3. The molecule has 0 aliphatic heterocycles. The molecule has 0 radical (unpaired) electrons. The number of benzene rings is 2. The molecule has 0 aliphatic carbocycles. The summed E-state index contributed by atoms with van der Waals surface area (Å²) in [5.74, 6) is -0.165. The Morgan fingerprint density at radius 3 is 2.26 bits per heavy atom. The lowest BCUT2D eigenvalue weighted by molar-refractivity contribution is -0.116. The second-order valence-corrected chi connectivity index (χ2v) is 6.23. The maximum absolute atomic E-state index is 12.2. The fourth-order valence-electron chi connectivity index (χ4n) is 2.70. The lowest BCUT2D eigenvalue weighted by Crippen LogP contribution is -2.14. The smallest absolute Gasteiger partial charge is 0.291 e. The van der Waals surface area contributed by atoms with Crippen LogP contribution in [0.2, 0.25) is 0 Å². The predicted molar refractivity (Wildman–Crippen MR) is 106 cm³/mol. The number of aryl methyl sites for hydroxylation is 2. The van der Waals surface area contributed by atoms with Crippen molar-refractivity contribution in [3.05, 3.63) is 83.8 Å². The van der Waals surface area contributed by atoms with Crippen molar-refractivity contribution >= 4 is 23.2 Å². The van der Waals surface area contributed by atoms with Gasteiger partial charge in [-0.2, -0.15) is 0 Å². The van der Waals surface area contributed by atoms with Gasteiger partial charge < -0.3 is 15.1 Å². The first-order chi connectivity index (χ1) is 13.1. The van der Waals surface area contributed by atoms with Gasteiger partial charge in [0.25, 0.3) is 5.91 Å². The minimum absolute atomic E-state index is 0.0657. The van der Waals surface area contributed by atoms with Gasteiger partial charge in [0.05, 0.1) is 6.26 Å². The summed E-state index contributed by atoms with van der Waals surface area (Å²) >= 11 is 0. The topological polar surface area (TPSA) is 71.3 Å². The van der Waals surface area contributed by atoms with Crippen molar-refractivity contribution in [1.29, 1.82) is 0 Å². The number of hydrogen-bond donors (Lipinski definition) is 2. The molecule has 2 amide bonds. The molecule has 0 saturated heterocycles. The minimum atomic E-state index is -0.334. The maximum Gasteiger partial charge on any atom is 0.291 e. The Bertz CT molecular complexity index is 900. The second kappa shape index (κ2) is 8.85. The van der Waals surface area contributed by atoms with Crippen LogP contribution < -0.4 is 10.6 Å². The van der Waals surface area contributed by atoms with Gasteiger partial charge in [0, 0.05) is 17.8 Å². The van der Waals surface area contributed by atoms with E-state index in [0.29, 0.717) is 24.2 Å². The average Bonchev–Trinajstić information content (AvgIpc) is 3.22. The molecule has 0 unspecified atom stereocenters. The van der Waals surface area contributed by atoms with Gasteiger partial charge in [-0.3, -0.25) is 9.59 Å². The molecule has 5 heteroatoms. The summed E-state index contributed by atoms with van der Waals surface area (Å²) in [6.07, 6.45) is 3.54. The van der Waals surface area contributed by atoms with Crippen LogP contribution in [0.3, 0.4) is 0 Å². The van der Waals surface area contributed by atoms with Gasteiger partial charge in [0.15, 0.2) is 5.76 Å². The molecule has 27 heavy (non-hydrogen) atoms. The fourth-order valence-corrected chi connectivity index (χ4v) is 2.70. The summed E-state index contributed by atoms with van der Waals surface area (Å²) in [5, 5.41) is 5.61. The Hall–Kier alpha value is -3.34. The number of furan rings is 1.